The summed E-state index contributed by atoms with van der Waals surface area (Å²) in [6.07, 6.45) is -6.39. The molecule has 74 valence electrons. The summed E-state index contributed by atoms with van der Waals surface area (Å²) in [6, 6.07) is 0. The second kappa shape index (κ2) is 5.41. The lowest BCUT2D eigenvalue weighted by Crippen LogP contribution is -2.46. The van der Waals surface area contributed by atoms with Gasteiger partial charge in [-0.1, -0.05) is 0 Å². The van der Waals surface area contributed by atoms with Crippen molar-refractivity contribution in [3.63, 3.8) is 0 Å². The quantitative estimate of drug-likeness (QED) is 0.245. The first-order valence-electron chi connectivity index (χ1n) is 3.48. The molecular formula is C6H14O6. The zero-order valence-corrected chi connectivity index (χ0v) is 6.41. The van der Waals surface area contributed by atoms with Crippen molar-refractivity contribution in [2.75, 3.05) is 13.2 Å². The third kappa shape index (κ3) is 3.02. The summed E-state index contributed by atoms with van der Waals surface area (Å²) in [6.45, 7) is -1.45. The number of aliphatic hydroxyl groups is 6. The SMILES string of the molecule is OC[C@@H](O)[C@@H](O)[C@H](O)[13C@H](O)CO. The highest BCUT2D eigenvalue weighted by atomic mass is 16.4. The summed E-state index contributed by atoms with van der Waals surface area (Å²) in [4.78, 5) is 0. The Morgan fingerprint density at radius 2 is 0.917 bits per heavy atom. The molecule has 0 radical (unpaired) electrons. The molecule has 12 heavy (non-hydrogen) atoms. The van der Waals surface area contributed by atoms with Gasteiger partial charge in [-0.3, -0.25) is 0 Å². The van der Waals surface area contributed by atoms with E-state index in [4.69, 9.17) is 30.6 Å². The van der Waals surface area contributed by atoms with Crippen molar-refractivity contribution in [2.24, 2.45) is 0 Å². The third-order valence-electron chi connectivity index (χ3n) is 1.51. The van der Waals surface area contributed by atoms with Crippen molar-refractivity contribution in [1.29, 1.82) is 0 Å². The van der Waals surface area contributed by atoms with Gasteiger partial charge in [-0.2, -0.15) is 0 Å². The molecule has 0 heterocycles. The minimum atomic E-state index is -1.67. The van der Waals surface area contributed by atoms with Gasteiger partial charge in [0.2, 0.25) is 0 Å². The number of hydrogen-bond donors (Lipinski definition) is 6. The van der Waals surface area contributed by atoms with E-state index >= 15 is 0 Å². The van der Waals surface area contributed by atoms with Gasteiger partial charge in [-0.25, -0.2) is 0 Å². The Hall–Kier alpha value is -0.240. The smallest absolute Gasteiger partial charge is 0.111 e. The van der Waals surface area contributed by atoms with Crippen LogP contribution in [-0.2, 0) is 0 Å². The molecule has 0 rings (SSSR count). The predicted octanol–water partition coefficient (Wildman–Crippen LogP) is -3.59. The van der Waals surface area contributed by atoms with E-state index in [0.717, 1.165) is 0 Å². The van der Waals surface area contributed by atoms with Crippen LogP contribution >= 0.6 is 0 Å². The molecule has 0 aromatic rings. The summed E-state index contributed by atoms with van der Waals surface area (Å²) in [5.41, 5.74) is 0. The molecule has 4 atom stereocenters. The van der Waals surface area contributed by atoms with Crippen molar-refractivity contribution >= 4 is 0 Å². The van der Waals surface area contributed by atoms with Gasteiger partial charge in [0.05, 0.1) is 13.2 Å². The Bertz CT molecular complexity index is 105. The first-order chi connectivity index (χ1) is 5.54. The molecule has 0 aromatic carbocycles. The fourth-order valence-electron chi connectivity index (χ4n) is 0.671. The average Bonchev–Trinajstić information content (AvgIpc) is 2.12. The van der Waals surface area contributed by atoms with Crippen molar-refractivity contribution in [2.45, 2.75) is 24.4 Å². The molecule has 0 aliphatic carbocycles. The summed E-state index contributed by atoms with van der Waals surface area (Å²) in [5.74, 6) is 0. The maximum Gasteiger partial charge on any atom is 0.111 e. The topological polar surface area (TPSA) is 121 Å². The number of aliphatic hydroxyl groups excluding tert-OH is 6. The molecule has 0 saturated heterocycles. The molecule has 0 spiro atoms. The molecule has 0 unspecified atom stereocenters. The van der Waals surface area contributed by atoms with E-state index in [1.807, 2.05) is 0 Å². The van der Waals surface area contributed by atoms with E-state index in [1.165, 1.54) is 0 Å². The molecule has 0 fully saturated rings. The minimum Gasteiger partial charge on any atom is -0.394 e. The predicted molar refractivity (Wildman–Crippen MR) is 38.2 cm³/mol. The van der Waals surface area contributed by atoms with Gasteiger partial charge in [0, 0.05) is 0 Å². The van der Waals surface area contributed by atoms with Crippen LogP contribution in [0.15, 0.2) is 0 Å². The van der Waals surface area contributed by atoms with Gasteiger partial charge < -0.3 is 30.6 Å². The van der Waals surface area contributed by atoms with Crippen LogP contribution in [-0.4, -0.2) is 68.3 Å². The van der Waals surface area contributed by atoms with Crippen LogP contribution in [0.5, 0.6) is 0 Å². The third-order valence-corrected chi connectivity index (χ3v) is 1.51. The highest BCUT2D eigenvalue weighted by Crippen LogP contribution is 2.03. The van der Waals surface area contributed by atoms with E-state index in [2.05, 4.69) is 0 Å². The van der Waals surface area contributed by atoms with Crippen LogP contribution in [0.3, 0.4) is 0 Å². The summed E-state index contributed by atoms with van der Waals surface area (Å²) in [7, 11) is 0. The fourth-order valence-corrected chi connectivity index (χ4v) is 0.671. The van der Waals surface area contributed by atoms with Crippen molar-refractivity contribution in [3.05, 3.63) is 0 Å². The highest BCUT2D eigenvalue weighted by molar-refractivity contribution is 4.79. The zero-order chi connectivity index (χ0) is 9.72. The zero-order valence-electron chi connectivity index (χ0n) is 6.41. The molecule has 0 amide bonds. The van der Waals surface area contributed by atoms with E-state index in [1.54, 1.807) is 0 Å². The van der Waals surface area contributed by atoms with Crippen LogP contribution in [0, 0.1) is 0 Å². The van der Waals surface area contributed by atoms with Gasteiger partial charge in [0.15, 0.2) is 0 Å². The molecular weight excluding hydrogens is 169 g/mol. The van der Waals surface area contributed by atoms with Crippen LogP contribution < -0.4 is 0 Å². The van der Waals surface area contributed by atoms with Crippen LogP contribution in [0.4, 0.5) is 0 Å². The van der Waals surface area contributed by atoms with Crippen molar-refractivity contribution < 1.29 is 30.6 Å². The van der Waals surface area contributed by atoms with Gasteiger partial charge in [0.1, 0.15) is 24.4 Å². The Morgan fingerprint density at radius 3 is 1.08 bits per heavy atom. The van der Waals surface area contributed by atoms with E-state index < -0.39 is 37.6 Å². The van der Waals surface area contributed by atoms with E-state index in [-0.39, 0.29) is 0 Å². The number of hydrogen-bond acceptors (Lipinski definition) is 6. The second-order valence-corrected chi connectivity index (χ2v) is 2.48. The summed E-state index contributed by atoms with van der Waals surface area (Å²) in [5, 5.41) is 52.2. The minimum absolute atomic E-state index is 0.726. The lowest BCUT2D eigenvalue weighted by atomic mass is 10.1. The molecule has 6 N–H and O–H groups in total. The lowest BCUT2D eigenvalue weighted by molar-refractivity contribution is -0.123. The normalized spacial score (nSPS) is 21.5. The average molecular weight is 183 g/mol. The number of rotatable bonds is 5. The molecule has 0 saturated carbocycles. The summed E-state index contributed by atoms with van der Waals surface area (Å²) >= 11 is 0. The van der Waals surface area contributed by atoms with Crippen molar-refractivity contribution in [3.8, 4) is 0 Å². The fraction of sp³-hybridized carbons (Fsp3) is 1.00. The van der Waals surface area contributed by atoms with Crippen LogP contribution in [0.2, 0.25) is 0 Å². The first kappa shape index (κ1) is 11.8. The van der Waals surface area contributed by atoms with Crippen molar-refractivity contribution in [1.82, 2.24) is 0 Å². The molecule has 0 aromatic heterocycles. The van der Waals surface area contributed by atoms with Gasteiger partial charge >= 0.3 is 0 Å². The standard InChI is InChI=1S/C6H14O6/c7-1-3(9)5(11)6(12)4(10)2-8/h3-12H,1-2H2/t3-,4-,5-,6-/m1/s1/i3+1. The first-order valence-corrected chi connectivity index (χ1v) is 3.48. The van der Waals surface area contributed by atoms with E-state index in [9.17, 15) is 0 Å². The Balaban J connectivity index is 3.99. The molecule has 6 heteroatoms. The summed E-state index contributed by atoms with van der Waals surface area (Å²) < 4.78 is 0. The molecule has 0 aliphatic rings. The highest BCUT2D eigenvalue weighted by Gasteiger charge is 2.29. The largest absolute Gasteiger partial charge is 0.394 e. The maximum atomic E-state index is 8.96. The van der Waals surface area contributed by atoms with Gasteiger partial charge in [0.25, 0.3) is 0 Å². The Kier molecular flexibility index (Phi) is 5.31. The monoisotopic (exact) mass is 183 g/mol. The maximum absolute atomic E-state index is 8.96. The van der Waals surface area contributed by atoms with Crippen LogP contribution in [0.25, 0.3) is 0 Å². The lowest BCUT2D eigenvalue weighted by Gasteiger charge is -2.24. The van der Waals surface area contributed by atoms with Crippen LogP contribution in [0.1, 0.15) is 0 Å². The van der Waals surface area contributed by atoms with E-state index in [0.29, 0.717) is 0 Å². The van der Waals surface area contributed by atoms with Gasteiger partial charge in [-0.15, -0.1) is 0 Å². The molecule has 0 bridgehead atoms. The molecule has 0 aliphatic heterocycles. The second-order valence-electron chi connectivity index (χ2n) is 2.48. The van der Waals surface area contributed by atoms with Gasteiger partial charge in [-0.05, 0) is 0 Å². The Labute approximate surface area is 69.3 Å². The molecule has 6 nitrogen and oxygen atoms in total. The Morgan fingerprint density at radius 1 is 0.667 bits per heavy atom.